The van der Waals surface area contributed by atoms with Crippen molar-refractivity contribution in [2.45, 2.75) is 0 Å². The number of carbonyl (C=O) groups is 2. The van der Waals surface area contributed by atoms with Crippen LogP contribution < -0.4 is 16.8 Å². The lowest BCUT2D eigenvalue weighted by Gasteiger charge is -2.06. The van der Waals surface area contributed by atoms with E-state index in [9.17, 15) is 9.59 Å². The Balaban J connectivity index is 1.73. The second kappa shape index (κ2) is 6.65. The molecule has 2 aromatic carbocycles. The summed E-state index contributed by atoms with van der Waals surface area (Å²) in [6.07, 6.45) is 1.46. The van der Waals surface area contributed by atoms with Crippen LogP contribution in [-0.2, 0) is 4.79 Å². The molecule has 0 bridgehead atoms. The fourth-order valence-corrected chi connectivity index (χ4v) is 3.98. The van der Waals surface area contributed by atoms with Crippen LogP contribution in [0.15, 0.2) is 48.8 Å². The average molecular weight is 377 g/mol. The summed E-state index contributed by atoms with van der Waals surface area (Å²) in [5, 5.41) is 3.51. The van der Waals surface area contributed by atoms with Gasteiger partial charge >= 0.3 is 0 Å². The first kappa shape index (κ1) is 16.9. The smallest absolute Gasteiger partial charge is 0.251 e. The van der Waals surface area contributed by atoms with E-state index in [0.717, 1.165) is 31.4 Å². The van der Waals surface area contributed by atoms with Crippen molar-refractivity contribution >= 4 is 49.3 Å². The minimum Gasteiger partial charge on any atom is -0.382 e. The third-order valence-corrected chi connectivity index (χ3v) is 5.33. The summed E-state index contributed by atoms with van der Waals surface area (Å²) in [6.45, 7) is -0.195. The number of fused-ring (bicyclic) bond motifs is 3. The Labute approximate surface area is 158 Å². The summed E-state index contributed by atoms with van der Waals surface area (Å²) in [5.41, 5.74) is 14.2. The zero-order chi connectivity index (χ0) is 19.0. The number of nitrogens with two attached hydrogens (primary N) is 2. The summed E-state index contributed by atoms with van der Waals surface area (Å²) in [5.74, 6) is -0.463. The number of carbonyl (C=O) groups excluding carboxylic acids is 2. The van der Waals surface area contributed by atoms with E-state index in [2.05, 4.69) is 15.3 Å². The molecule has 4 rings (SSSR count). The first-order chi connectivity index (χ1) is 13.0. The van der Waals surface area contributed by atoms with E-state index >= 15 is 0 Å². The van der Waals surface area contributed by atoms with Crippen molar-refractivity contribution in [1.82, 2.24) is 15.3 Å². The minimum absolute atomic E-state index is 0.195. The maximum Gasteiger partial charge on any atom is 0.251 e. The normalized spacial score (nSPS) is 11.0. The van der Waals surface area contributed by atoms with E-state index in [0.29, 0.717) is 11.4 Å². The summed E-state index contributed by atoms with van der Waals surface area (Å²) >= 11 is 1.54. The molecular weight excluding hydrogens is 362 g/mol. The Morgan fingerprint density at radius 3 is 2.70 bits per heavy atom. The van der Waals surface area contributed by atoms with Crippen molar-refractivity contribution in [2.24, 2.45) is 5.73 Å². The summed E-state index contributed by atoms with van der Waals surface area (Å²) in [4.78, 5) is 31.4. The zero-order valence-corrected chi connectivity index (χ0v) is 14.9. The Morgan fingerprint density at radius 2 is 1.89 bits per heavy atom. The predicted octanol–water partition coefficient (Wildman–Crippen LogP) is 2.31. The zero-order valence-electron chi connectivity index (χ0n) is 14.1. The number of anilines is 1. The molecule has 2 heterocycles. The van der Waals surface area contributed by atoms with E-state index in [1.165, 1.54) is 17.7 Å². The topological polar surface area (TPSA) is 124 Å². The maximum atomic E-state index is 12.2. The molecule has 0 aliphatic rings. The van der Waals surface area contributed by atoms with Gasteiger partial charge in [0.05, 0.1) is 16.8 Å². The Hall–Kier alpha value is -3.52. The predicted molar refractivity (Wildman–Crippen MR) is 106 cm³/mol. The van der Waals surface area contributed by atoms with Gasteiger partial charge in [-0.25, -0.2) is 9.97 Å². The van der Waals surface area contributed by atoms with Crippen LogP contribution in [0.3, 0.4) is 0 Å². The van der Waals surface area contributed by atoms with Crippen LogP contribution in [0, 0.1) is 0 Å². The molecule has 8 heteroatoms. The van der Waals surface area contributed by atoms with Crippen LogP contribution in [0.5, 0.6) is 0 Å². The van der Waals surface area contributed by atoms with Gasteiger partial charge in [-0.15, -0.1) is 11.3 Å². The first-order valence-electron chi connectivity index (χ1n) is 8.12. The van der Waals surface area contributed by atoms with Crippen molar-refractivity contribution in [3.63, 3.8) is 0 Å². The number of nitrogens with one attached hydrogen (secondary N) is 1. The number of hydrogen-bond donors (Lipinski definition) is 3. The molecule has 0 radical (unpaired) electrons. The summed E-state index contributed by atoms with van der Waals surface area (Å²) < 4.78 is 1.91. The van der Waals surface area contributed by atoms with Gasteiger partial charge in [-0.05, 0) is 29.3 Å². The number of rotatable bonds is 4. The van der Waals surface area contributed by atoms with Crippen LogP contribution in [0.25, 0.3) is 31.4 Å². The molecule has 7 nitrogen and oxygen atoms in total. The highest BCUT2D eigenvalue weighted by Gasteiger charge is 2.12. The lowest BCUT2D eigenvalue weighted by molar-refractivity contribution is -0.117. The van der Waals surface area contributed by atoms with Crippen molar-refractivity contribution in [2.75, 3.05) is 12.3 Å². The maximum absolute atomic E-state index is 12.2. The second-order valence-corrected chi connectivity index (χ2v) is 7.03. The number of aromatic nitrogens is 2. The van der Waals surface area contributed by atoms with E-state index in [1.807, 2.05) is 24.3 Å². The molecule has 2 amide bonds. The Bertz CT molecular complexity index is 1200. The molecule has 0 saturated heterocycles. The molecule has 134 valence electrons. The quantitative estimate of drug-likeness (QED) is 0.503. The second-order valence-electron chi connectivity index (χ2n) is 5.98. The summed E-state index contributed by atoms with van der Waals surface area (Å²) in [7, 11) is 0. The van der Waals surface area contributed by atoms with Crippen LogP contribution in [0.2, 0.25) is 0 Å². The van der Waals surface area contributed by atoms with Crippen LogP contribution in [0.1, 0.15) is 10.4 Å². The molecule has 0 saturated carbocycles. The molecule has 0 aliphatic carbocycles. The standard InChI is InChI=1S/C19H15N5O2S/c20-15(25)8-22-19(26)12-3-1-2-10(6-12)11-4-5-13-14(7-11)27-17-16(13)23-9-24-18(17)21/h1-7,9H,8H2,(H2,20,25)(H,22,26)(H2,21,23,24). The molecule has 5 N–H and O–H groups in total. The molecule has 0 aliphatic heterocycles. The largest absolute Gasteiger partial charge is 0.382 e. The lowest BCUT2D eigenvalue weighted by atomic mass is 10.0. The van der Waals surface area contributed by atoms with Gasteiger partial charge in [0.15, 0.2) is 0 Å². The van der Waals surface area contributed by atoms with Gasteiger partial charge in [0.2, 0.25) is 5.91 Å². The van der Waals surface area contributed by atoms with Gasteiger partial charge in [0.25, 0.3) is 5.91 Å². The minimum atomic E-state index is -0.586. The van der Waals surface area contributed by atoms with Gasteiger partial charge < -0.3 is 16.8 Å². The van der Waals surface area contributed by atoms with Crippen LogP contribution >= 0.6 is 11.3 Å². The molecule has 0 spiro atoms. The number of primary amides is 1. The highest BCUT2D eigenvalue weighted by atomic mass is 32.1. The van der Waals surface area contributed by atoms with Crippen molar-refractivity contribution in [3.05, 3.63) is 54.4 Å². The Kier molecular flexibility index (Phi) is 4.17. The van der Waals surface area contributed by atoms with Gasteiger partial charge in [0, 0.05) is 15.6 Å². The van der Waals surface area contributed by atoms with Crippen molar-refractivity contribution in [1.29, 1.82) is 0 Å². The van der Waals surface area contributed by atoms with E-state index < -0.39 is 5.91 Å². The number of benzene rings is 2. The highest BCUT2D eigenvalue weighted by Crippen LogP contribution is 2.37. The number of amides is 2. The molecule has 0 fully saturated rings. The van der Waals surface area contributed by atoms with Crippen LogP contribution in [-0.4, -0.2) is 28.3 Å². The molecule has 27 heavy (non-hydrogen) atoms. The molecule has 2 aromatic heterocycles. The van der Waals surface area contributed by atoms with Crippen molar-refractivity contribution in [3.8, 4) is 11.1 Å². The Morgan fingerprint density at radius 1 is 1.07 bits per heavy atom. The number of thiophene rings is 1. The van der Waals surface area contributed by atoms with E-state index in [-0.39, 0.29) is 12.5 Å². The average Bonchev–Trinajstić information content (AvgIpc) is 3.05. The number of hydrogen-bond acceptors (Lipinski definition) is 6. The third kappa shape index (κ3) is 3.18. The number of nitrogens with zero attached hydrogens (tertiary/aromatic N) is 2. The van der Waals surface area contributed by atoms with Crippen LogP contribution in [0.4, 0.5) is 5.82 Å². The SMILES string of the molecule is NC(=O)CNC(=O)c1cccc(-c2ccc3c(c2)sc2c(N)ncnc23)c1. The van der Waals surface area contributed by atoms with Gasteiger partial charge in [-0.1, -0.05) is 24.3 Å². The van der Waals surface area contributed by atoms with Gasteiger partial charge in [-0.2, -0.15) is 0 Å². The third-order valence-electron chi connectivity index (χ3n) is 4.16. The van der Waals surface area contributed by atoms with E-state index in [1.54, 1.807) is 18.2 Å². The molecule has 0 unspecified atom stereocenters. The van der Waals surface area contributed by atoms with E-state index in [4.69, 9.17) is 11.5 Å². The fourth-order valence-electron chi connectivity index (χ4n) is 2.88. The molecule has 0 atom stereocenters. The molecular formula is C19H15N5O2S. The first-order valence-corrected chi connectivity index (χ1v) is 8.94. The fraction of sp³-hybridized carbons (Fsp3) is 0.0526. The number of nitrogen functional groups attached to an aromatic ring is 1. The van der Waals surface area contributed by atoms with Gasteiger partial charge in [-0.3, -0.25) is 9.59 Å². The van der Waals surface area contributed by atoms with Crippen molar-refractivity contribution < 1.29 is 9.59 Å². The van der Waals surface area contributed by atoms with Gasteiger partial charge in [0.1, 0.15) is 12.1 Å². The monoisotopic (exact) mass is 377 g/mol. The molecule has 4 aromatic rings. The summed E-state index contributed by atoms with van der Waals surface area (Å²) in [6, 6.07) is 13.2. The lowest BCUT2D eigenvalue weighted by Crippen LogP contribution is -2.33. The highest BCUT2D eigenvalue weighted by molar-refractivity contribution is 7.26.